The molecule has 5 rings (SSSR count). The Balaban J connectivity index is 1.52. The van der Waals surface area contributed by atoms with Gasteiger partial charge in [-0.25, -0.2) is 19.5 Å². The van der Waals surface area contributed by atoms with Crippen molar-refractivity contribution in [2.24, 2.45) is 0 Å². The highest BCUT2D eigenvalue weighted by Gasteiger charge is 2.20. The standard InChI is InChI=1S/C30H29N9O2/c1-16-10-21(12-22(11-16)30(41)36-18(3)20-6-5-7-23(40)13-20)25-26-17(2)8-9-39(26)38-28(37-25)19(4)35-29-24(14-31)27(32)33-15-34-29/h5-13,15,18-19,40H,1-4H3,(H,36,41)(H3,32,33,34,35)/t18-,19-/m0/s1. The predicted molar refractivity (Wildman–Crippen MR) is 155 cm³/mol. The summed E-state index contributed by atoms with van der Waals surface area (Å²) in [7, 11) is 0. The molecule has 206 valence electrons. The zero-order valence-corrected chi connectivity index (χ0v) is 23.0. The van der Waals surface area contributed by atoms with Crippen LogP contribution in [0.5, 0.6) is 5.75 Å². The summed E-state index contributed by atoms with van der Waals surface area (Å²) in [6.07, 6.45) is 3.15. The molecule has 0 aliphatic rings. The minimum absolute atomic E-state index is 0.0826. The molecule has 0 aliphatic carbocycles. The fourth-order valence-electron chi connectivity index (χ4n) is 4.68. The second-order valence-electron chi connectivity index (χ2n) is 9.95. The highest BCUT2D eigenvalue weighted by molar-refractivity contribution is 5.96. The number of phenolic OH excluding ortho intramolecular Hbond substituents is 1. The summed E-state index contributed by atoms with van der Waals surface area (Å²) in [5.74, 6) is 0.720. The number of nitrogens with one attached hydrogen (secondary N) is 2. The van der Waals surface area contributed by atoms with Crippen molar-refractivity contribution in [1.29, 1.82) is 5.26 Å². The lowest BCUT2D eigenvalue weighted by atomic mass is 10.0. The number of rotatable bonds is 7. The Hall–Kier alpha value is -5.50. The molecule has 0 aliphatic heterocycles. The number of nitrogens with two attached hydrogens (primary N) is 1. The average Bonchev–Trinajstić information content (AvgIpc) is 3.32. The van der Waals surface area contributed by atoms with E-state index in [1.165, 1.54) is 6.33 Å². The van der Waals surface area contributed by atoms with Crippen LogP contribution in [-0.4, -0.2) is 35.6 Å². The molecule has 0 saturated heterocycles. The molecule has 3 aromatic heterocycles. The van der Waals surface area contributed by atoms with Crippen molar-refractivity contribution in [3.8, 4) is 23.1 Å². The molecule has 0 unspecified atom stereocenters. The molecule has 0 saturated carbocycles. The lowest BCUT2D eigenvalue weighted by Gasteiger charge is -2.17. The quantitative estimate of drug-likeness (QED) is 0.227. The maximum Gasteiger partial charge on any atom is 0.251 e. The Kier molecular flexibility index (Phi) is 7.22. The largest absolute Gasteiger partial charge is 0.508 e. The minimum Gasteiger partial charge on any atom is -0.508 e. The molecule has 0 bridgehead atoms. The Morgan fingerprint density at radius 3 is 2.66 bits per heavy atom. The van der Waals surface area contributed by atoms with Gasteiger partial charge in [-0.1, -0.05) is 12.1 Å². The third-order valence-corrected chi connectivity index (χ3v) is 6.79. The van der Waals surface area contributed by atoms with Gasteiger partial charge in [0.2, 0.25) is 0 Å². The van der Waals surface area contributed by atoms with E-state index in [2.05, 4.69) is 20.6 Å². The first-order valence-electron chi connectivity index (χ1n) is 13.0. The number of phenols is 1. The monoisotopic (exact) mass is 547 g/mol. The van der Waals surface area contributed by atoms with Crippen molar-refractivity contribution in [3.05, 3.63) is 94.7 Å². The van der Waals surface area contributed by atoms with Gasteiger partial charge < -0.3 is 21.5 Å². The van der Waals surface area contributed by atoms with E-state index >= 15 is 0 Å². The fourth-order valence-corrected chi connectivity index (χ4v) is 4.68. The Labute approximate surface area is 236 Å². The summed E-state index contributed by atoms with van der Waals surface area (Å²) < 4.78 is 1.76. The van der Waals surface area contributed by atoms with E-state index in [0.717, 1.165) is 27.8 Å². The molecule has 11 nitrogen and oxygen atoms in total. The number of carbonyl (C=O) groups excluding carboxylic acids is 1. The van der Waals surface area contributed by atoms with E-state index in [1.54, 1.807) is 22.7 Å². The second kappa shape index (κ2) is 10.9. The van der Waals surface area contributed by atoms with Crippen molar-refractivity contribution < 1.29 is 9.90 Å². The van der Waals surface area contributed by atoms with Crippen LogP contribution in [0.2, 0.25) is 0 Å². The van der Waals surface area contributed by atoms with E-state index in [0.29, 0.717) is 17.1 Å². The average molecular weight is 548 g/mol. The highest BCUT2D eigenvalue weighted by atomic mass is 16.3. The first kappa shape index (κ1) is 27.1. The number of nitrogen functional groups attached to an aromatic ring is 1. The maximum absolute atomic E-state index is 13.3. The van der Waals surface area contributed by atoms with E-state index in [4.69, 9.17) is 15.8 Å². The number of amides is 1. The number of aromatic nitrogens is 5. The van der Waals surface area contributed by atoms with Gasteiger partial charge in [-0.3, -0.25) is 4.79 Å². The molecule has 1 amide bonds. The number of nitriles is 1. The van der Waals surface area contributed by atoms with Gasteiger partial charge in [0.15, 0.2) is 5.82 Å². The fraction of sp³-hybridized carbons (Fsp3) is 0.200. The molecule has 3 heterocycles. The predicted octanol–water partition coefficient (Wildman–Crippen LogP) is 4.63. The number of carbonyl (C=O) groups is 1. The molecule has 5 N–H and O–H groups in total. The number of aryl methyl sites for hydroxylation is 2. The normalized spacial score (nSPS) is 12.5. The first-order chi connectivity index (χ1) is 19.6. The van der Waals surface area contributed by atoms with Crippen LogP contribution in [0.4, 0.5) is 11.6 Å². The lowest BCUT2D eigenvalue weighted by Crippen LogP contribution is -2.26. The maximum atomic E-state index is 13.3. The van der Waals surface area contributed by atoms with Crippen LogP contribution in [0.15, 0.2) is 61.1 Å². The van der Waals surface area contributed by atoms with Crippen molar-refractivity contribution >= 4 is 23.1 Å². The lowest BCUT2D eigenvalue weighted by molar-refractivity contribution is 0.0939. The van der Waals surface area contributed by atoms with Gasteiger partial charge in [0, 0.05) is 17.3 Å². The van der Waals surface area contributed by atoms with Gasteiger partial charge in [0.25, 0.3) is 5.91 Å². The number of anilines is 2. The molecular formula is C30H29N9O2. The van der Waals surface area contributed by atoms with E-state index in [-0.39, 0.29) is 34.9 Å². The molecule has 0 spiro atoms. The van der Waals surface area contributed by atoms with Crippen LogP contribution < -0.4 is 16.4 Å². The van der Waals surface area contributed by atoms with Crippen molar-refractivity contribution in [2.75, 3.05) is 11.1 Å². The molecule has 5 aromatic rings. The van der Waals surface area contributed by atoms with Crippen molar-refractivity contribution in [2.45, 2.75) is 39.8 Å². The van der Waals surface area contributed by atoms with Crippen LogP contribution in [0.1, 0.15) is 64.4 Å². The summed E-state index contributed by atoms with van der Waals surface area (Å²) in [4.78, 5) is 26.3. The number of hydrogen-bond donors (Lipinski definition) is 4. The van der Waals surface area contributed by atoms with E-state index in [1.807, 2.05) is 70.3 Å². The molecule has 41 heavy (non-hydrogen) atoms. The van der Waals surface area contributed by atoms with Gasteiger partial charge in [0.05, 0.1) is 23.3 Å². The van der Waals surface area contributed by atoms with Gasteiger partial charge in [-0.2, -0.15) is 10.4 Å². The molecule has 11 heteroatoms. The smallest absolute Gasteiger partial charge is 0.251 e. The van der Waals surface area contributed by atoms with Crippen molar-refractivity contribution in [1.82, 2.24) is 29.9 Å². The number of fused-ring (bicyclic) bond motifs is 1. The molecule has 2 aromatic carbocycles. The van der Waals surface area contributed by atoms with Crippen LogP contribution in [0, 0.1) is 25.2 Å². The first-order valence-corrected chi connectivity index (χ1v) is 13.0. The Morgan fingerprint density at radius 1 is 1.10 bits per heavy atom. The molecule has 2 atom stereocenters. The zero-order chi connectivity index (χ0) is 29.3. The zero-order valence-electron chi connectivity index (χ0n) is 23.0. The Morgan fingerprint density at radius 2 is 1.90 bits per heavy atom. The summed E-state index contributed by atoms with van der Waals surface area (Å²) in [5, 5.41) is 30.2. The third-order valence-electron chi connectivity index (χ3n) is 6.79. The third kappa shape index (κ3) is 5.49. The molecular weight excluding hydrogens is 518 g/mol. The van der Waals surface area contributed by atoms with E-state index < -0.39 is 6.04 Å². The summed E-state index contributed by atoms with van der Waals surface area (Å²) in [6.45, 7) is 7.63. The number of nitrogens with zero attached hydrogens (tertiary/aromatic N) is 6. The summed E-state index contributed by atoms with van der Waals surface area (Å²) in [6, 6.07) is 15.7. The number of benzene rings is 2. The highest BCUT2D eigenvalue weighted by Crippen LogP contribution is 2.30. The van der Waals surface area contributed by atoms with E-state index in [9.17, 15) is 15.2 Å². The number of aromatic hydroxyl groups is 1. The second-order valence-corrected chi connectivity index (χ2v) is 9.95. The van der Waals surface area contributed by atoms with Crippen LogP contribution in [-0.2, 0) is 0 Å². The van der Waals surface area contributed by atoms with Crippen LogP contribution in [0.25, 0.3) is 16.8 Å². The van der Waals surface area contributed by atoms with Gasteiger partial charge in [0.1, 0.15) is 35.3 Å². The van der Waals surface area contributed by atoms with Crippen LogP contribution >= 0.6 is 0 Å². The van der Waals surface area contributed by atoms with Gasteiger partial charge in [-0.05, 0) is 80.8 Å². The molecule has 0 radical (unpaired) electrons. The number of hydrogen-bond acceptors (Lipinski definition) is 9. The van der Waals surface area contributed by atoms with Gasteiger partial charge in [-0.15, -0.1) is 0 Å². The van der Waals surface area contributed by atoms with Gasteiger partial charge >= 0.3 is 0 Å². The summed E-state index contributed by atoms with van der Waals surface area (Å²) >= 11 is 0. The van der Waals surface area contributed by atoms with Crippen LogP contribution in [0.3, 0.4) is 0 Å². The Bertz CT molecular complexity index is 1820. The SMILES string of the molecule is Cc1cc(C(=O)N[C@@H](C)c2cccc(O)c2)cc(-c2nc([C@H](C)Nc3ncnc(N)c3C#N)nn3ccc(C)c23)c1. The topological polar surface area (TPSA) is 167 Å². The minimum atomic E-state index is -0.446. The summed E-state index contributed by atoms with van der Waals surface area (Å²) in [5.41, 5.74) is 11.4. The van der Waals surface area contributed by atoms with Crippen molar-refractivity contribution in [3.63, 3.8) is 0 Å². The molecule has 0 fully saturated rings.